The lowest BCUT2D eigenvalue weighted by molar-refractivity contribution is -0.117. The highest BCUT2D eigenvalue weighted by atomic mass is 35.5. The summed E-state index contributed by atoms with van der Waals surface area (Å²) in [7, 11) is 1.38. The number of halogens is 1. The fraction of sp³-hybridized carbons (Fsp3) is 0.333. The van der Waals surface area contributed by atoms with Crippen molar-refractivity contribution in [2.75, 3.05) is 43.5 Å². The molecule has 1 N–H and O–H groups in total. The highest BCUT2D eigenvalue weighted by Gasteiger charge is 2.25. The number of methoxy groups -OCH3 is 1. The van der Waals surface area contributed by atoms with Crippen LogP contribution in [0.3, 0.4) is 0 Å². The molecule has 0 spiro atoms. The summed E-state index contributed by atoms with van der Waals surface area (Å²) in [4.78, 5) is 28.3. The molecule has 1 saturated heterocycles. The van der Waals surface area contributed by atoms with Gasteiger partial charge in [0.25, 0.3) is 0 Å². The van der Waals surface area contributed by atoms with E-state index in [9.17, 15) is 9.59 Å². The van der Waals surface area contributed by atoms with Gasteiger partial charge >= 0.3 is 5.97 Å². The molecule has 1 unspecified atom stereocenters. The number of anilines is 2. The molecule has 1 atom stereocenters. The van der Waals surface area contributed by atoms with Gasteiger partial charge in [0, 0.05) is 42.1 Å². The summed E-state index contributed by atoms with van der Waals surface area (Å²) in [5.74, 6) is -0.374. The SMILES string of the molecule is COC(=O)c1ccc(N2CCN(CC(=O)Nc3ccc(Cl)cc3)C(C)C2)cc1. The number of piperazine rings is 1. The van der Waals surface area contributed by atoms with Gasteiger partial charge < -0.3 is 15.0 Å². The molecule has 2 aromatic rings. The van der Waals surface area contributed by atoms with Crippen LogP contribution < -0.4 is 10.2 Å². The third-order valence-electron chi connectivity index (χ3n) is 4.89. The lowest BCUT2D eigenvalue weighted by Gasteiger charge is -2.40. The molecule has 2 aromatic carbocycles. The number of nitrogens with zero attached hydrogens (tertiary/aromatic N) is 2. The second-order valence-corrected chi connectivity index (χ2v) is 7.30. The summed E-state index contributed by atoms with van der Waals surface area (Å²) in [5.41, 5.74) is 2.34. The third kappa shape index (κ3) is 5.03. The van der Waals surface area contributed by atoms with Crippen molar-refractivity contribution >= 4 is 34.9 Å². The van der Waals surface area contributed by atoms with E-state index in [2.05, 4.69) is 22.0 Å². The minimum Gasteiger partial charge on any atom is -0.465 e. The van der Waals surface area contributed by atoms with Crippen molar-refractivity contribution < 1.29 is 14.3 Å². The number of hydrogen-bond acceptors (Lipinski definition) is 5. The van der Waals surface area contributed by atoms with Gasteiger partial charge in [0.1, 0.15) is 0 Å². The number of hydrogen-bond donors (Lipinski definition) is 1. The molecule has 3 rings (SSSR count). The Morgan fingerprint density at radius 1 is 1.11 bits per heavy atom. The number of carbonyl (C=O) groups excluding carboxylic acids is 2. The van der Waals surface area contributed by atoms with Crippen LogP contribution in [0.5, 0.6) is 0 Å². The largest absolute Gasteiger partial charge is 0.465 e. The molecule has 28 heavy (non-hydrogen) atoms. The molecular weight excluding hydrogens is 378 g/mol. The highest BCUT2D eigenvalue weighted by molar-refractivity contribution is 6.30. The summed E-state index contributed by atoms with van der Waals surface area (Å²) in [5, 5.41) is 3.55. The summed E-state index contributed by atoms with van der Waals surface area (Å²) >= 11 is 5.87. The van der Waals surface area contributed by atoms with E-state index >= 15 is 0 Å². The number of amides is 1. The van der Waals surface area contributed by atoms with Crippen molar-refractivity contribution in [2.24, 2.45) is 0 Å². The molecule has 0 aliphatic carbocycles. The van der Waals surface area contributed by atoms with Crippen LogP contribution in [0, 0.1) is 0 Å². The number of carbonyl (C=O) groups is 2. The predicted octanol–water partition coefficient (Wildman–Crippen LogP) is 3.28. The van der Waals surface area contributed by atoms with Crippen LogP contribution in [-0.4, -0.2) is 56.1 Å². The number of rotatable bonds is 5. The lowest BCUT2D eigenvalue weighted by atomic mass is 10.1. The monoisotopic (exact) mass is 401 g/mol. The standard InChI is InChI=1S/C21H24ClN3O3/c1-15-13-25(19-9-3-16(4-10-19)21(27)28-2)12-11-24(15)14-20(26)23-18-7-5-17(22)6-8-18/h3-10,15H,11-14H2,1-2H3,(H,23,26). The van der Waals surface area contributed by atoms with E-state index in [1.807, 2.05) is 12.1 Å². The van der Waals surface area contributed by atoms with E-state index in [1.165, 1.54) is 7.11 Å². The van der Waals surface area contributed by atoms with Gasteiger partial charge in [-0.15, -0.1) is 0 Å². The van der Waals surface area contributed by atoms with Crippen LogP contribution >= 0.6 is 11.6 Å². The first-order valence-electron chi connectivity index (χ1n) is 9.19. The van der Waals surface area contributed by atoms with Crippen LogP contribution in [0.2, 0.25) is 5.02 Å². The molecule has 0 aromatic heterocycles. The van der Waals surface area contributed by atoms with Gasteiger partial charge in [0.2, 0.25) is 5.91 Å². The normalized spacial score (nSPS) is 17.2. The molecule has 0 saturated carbocycles. The molecule has 148 valence electrons. The highest BCUT2D eigenvalue weighted by Crippen LogP contribution is 2.20. The summed E-state index contributed by atoms with van der Waals surface area (Å²) < 4.78 is 4.73. The Balaban J connectivity index is 1.53. The predicted molar refractivity (Wildman–Crippen MR) is 111 cm³/mol. The Bertz CT molecular complexity index is 824. The average Bonchev–Trinajstić information content (AvgIpc) is 2.71. The minimum absolute atomic E-state index is 0.0370. The second kappa shape index (κ2) is 9.08. The minimum atomic E-state index is -0.337. The van der Waals surface area contributed by atoms with Crippen molar-refractivity contribution in [3.8, 4) is 0 Å². The molecule has 1 aliphatic rings. The Morgan fingerprint density at radius 3 is 2.39 bits per heavy atom. The van der Waals surface area contributed by atoms with Crippen LogP contribution in [-0.2, 0) is 9.53 Å². The number of benzene rings is 2. The summed E-state index contributed by atoms with van der Waals surface area (Å²) in [6.07, 6.45) is 0. The van der Waals surface area contributed by atoms with E-state index < -0.39 is 0 Å². The fourth-order valence-electron chi connectivity index (χ4n) is 3.31. The first-order chi connectivity index (χ1) is 13.5. The zero-order valence-electron chi connectivity index (χ0n) is 16.0. The average molecular weight is 402 g/mol. The molecule has 1 heterocycles. The van der Waals surface area contributed by atoms with Gasteiger partial charge in [-0.25, -0.2) is 4.79 Å². The van der Waals surface area contributed by atoms with Crippen molar-refractivity contribution in [1.82, 2.24) is 4.90 Å². The summed E-state index contributed by atoms with van der Waals surface area (Å²) in [6, 6.07) is 14.7. The molecule has 0 bridgehead atoms. The molecule has 0 radical (unpaired) electrons. The van der Waals surface area contributed by atoms with Gasteiger partial charge in [-0.1, -0.05) is 11.6 Å². The van der Waals surface area contributed by atoms with Gasteiger partial charge in [-0.2, -0.15) is 0 Å². The number of nitrogens with one attached hydrogen (secondary N) is 1. The van der Waals surface area contributed by atoms with Gasteiger partial charge in [0.15, 0.2) is 0 Å². The quantitative estimate of drug-likeness (QED) is 0.779. The molecule has 1 fully saturated rings. The van der Waals surface area contributed by atoms with Gasteiger partial charge in [0.05, 0.1) is 19.2 Å². The number of esters is 1. The Hall–Kier alpha value is -2.57. The first-order valence-corrected chi connectivity index (χ1v) is 9.57. The van der Waals surface area contributed by atoms with Crippen molar-refractivity contribution in [3.05, 3.63) is 59.1 Å². The fourth-order valence-corrected chi connectivity index (χ4v) is 3.44. The van der Waals surface area contributed by atoms with Gasteiger partial charge in [-0.3, -0.25) is 9.69 Å². The smallest absolute Gasteiger partial charge is 0.337 e. The van der Waals surface area contributed by atoms with Crippen molar-refractivity contribution in [2.45, 2.75) is 13.0 Å². The maximum Gasteiger partial charge on any atom is 0.337 e. The van der Waals surface area contributed by atoms with E-state index in [0.717, 1.165) is 31.0 Å². The zero-order chi connectivity index (χ0) is 20.1. The Labute approximate surface area is 170 Å². The van der Waals surface area contributed by atoms with E-state index in [-0.39, 0.29) is 17.9 Å². The first kappa shape index (κ1) is 20.2. The Kier molecular flexibility index (Phi) is 6.54. The van der Waals surface area contributed by atoms with E-state index in [0.29, 0.717) is 17.1 Å². The van der Waals surface area contributed by atoms with Crippen molar-refractivity contribution in [1.29, 1.82) is 0 Å². The molecule has 1 aliphatic heterocycles. The summed E-state index contributed by atoms with van der Waals surface area (Å²) in [6.45, 7) is 4.87. The zero-order valence-corrected chi connectivity index (χ0v) is 16.8. The maximum absolute atomic E-state index is 12.3. The number of ether oxygens (including phenoxy) is 1. The van der Waals surface area contributed by atoms with Crippen LogP contribution in [0.25, 0.3) is 0 Å². The second-order valence-electron chi connectivity index (χ2n) is 6.86. The van der Waals surface area contributed by atoms with E-state index in [1.54, 1.807) is 36.4 Å². The lowest BCUT2D eigenvalue weighted by Crippen LogP contribution is -2.53. The molecule has 7 heteroatoms. The topological polar surface area (TPSA) is 61.9 Å². The van der Waals surface area contributed by atoms with Crippen LogP contribution in [0.4, 0.5) is 11.4 Å². The van der Waals surface area contributed by atoms with Crippen LogP contribution in [0.15, 0.2) is 48.5 Å². The van der Waals surface area contributed by atoms with E-state index in [4.69, 9.17) is 16.3 Å². The molecule has 6 nitrogen and oxygen atoms in total. The third-order valence-corrected chi connectivity index (χ3v) is 5.15. The van der Waals surface area contributed by atoms with Crippen molar-refractivity contribution in [3.63, 3.8) is 0 Å². The maximum atomic E-state index is 12.3. The molecule has 1 amide bonds. The molecular formula is C21H24ClN3O3. The van der Waals surface area contributed by atoms with Crippen LogP contribution in [0.1, 0.15) is 17.3 Å². The van der Waals surface area contributed by atoms with Gasteiger partial charge in [-0.05, 0) is 55.5 Å². The Morgan fingerprint density at radius 2 is 1.79 bits per heavy atom.